The van der Waals surface area contributed by atoms with E-state index < -0.39 is 13.8 Å². The van der Waals surface area contributed by atoms with Crippen LogP contribution in [0, 0.1) is 13.8 Å². The summed E-state index contributed by atoms with van der Waals surface area (Å²) in [5.41, 5.74) is 2.84. The van der Waals surface area contributed by atoms with E-state index in [1.165, 1.54) is 0 Å². The van der Waals surface area contributed by atoms with Gasteiger partial charge in [-0.1, -0.05) is 0 Å². The van der Waals surface area contributed by atoms with Crippen molar-refractivity contribution in [3.63, 3.8) is 0 Å². The van der Waals surface area contributed by atoms with Crippen LogP contribution in [0.4, 0.5) is 0 Å². The topological polar surface area (TPSA) is 47.0 Å². The van der Waals surface area contributed by atoms with Crippen LogP contribution < -0.4 is 0 Å². The fraction of sp³-hybridized carbons (Fsp3) is 0.545. The molecule has 0 unspecified atom stereocenters. The smallest absolute Gasteiger partial charge is 0.238 e. The summed E-state index contributed by atoms with van der Waals surface area (Å²) in [5, 5.41) is 0. The molecule has 3 nitrogen and oxygen atoms in total. The standard InChI is InChI=1S/C11H14ClNO2S/c1-8-5-9(2)13-10(6-8)7-11(3-4-11)16(12,14)15/h5-6H,3-4,7H2,1-2H3. The Balaban J connectivity index is 2.28. The van der Waals surface area contributed by atoms with Crippen molar-refractivity contribution in [1.29, 1.82) is 0 Å². The van der Waals surface area contributed by atoms with E-state index in [1.807, 2.05) is 26.0 Å². The van der Waals surface area contributed by atoms with Gasteiger partial charge in [0.05, 0.1) is 4.75 Å². The molecular weight excluding hydrogens is 246 g/mol. The minimum atomic E-state index is -3.48. The number of rotatable bonds is 3. The van der Waals surface area contributed by atoms with Crippen LogP contribution in [0.15, 0.2) is 12.1 Å². The molecule has 16 heavy (non-hydrogen) atoms. The lowest BCUT2D eigenvalue weighted by Crippen LogP contribution is -2.21. The zero-order valence-electron chi connectivity index (χ0n) is 9.33. The van der Waals surface area contributed by atoms with Gasteiger partial charge in [-0.05, 0) is 44.4 Å². The van der Waals surface area contributed by atoms with E-state index in [0.29, 0.717) is 19.3 Å². The number of hydrogen-bond acceptors (Lipinski definition) is 3. The Hall–Kier alpha value is -0.610. The van der Waals surface area contributed by atoms with Crippen LogP contribution >= 0.6 is 10.7 Å². The van der Waals surface area contributed by atoms with Crippen LogP contribution in [0.2, 0.25) is 0 Å². The van der Waals surface area contributed by atoms with Gasteiger partial charge in [0.15, 0.2) is 0 Å². The third-order valence-corrected chi connectivity index (χ3v) is 5.55. The van der Waals surface area contributed by atoms with E-state index in [-0.39, 0.29) is 0 Å². The number of pyridine rings is 1. The number of nitrogens with zero attached hydrogens (tertiary/aromatic N) is 1. The van der Waals surface area contributed by atoms with Gasteiger partial charge in [0, 0.05) is 28.5 Å². The van der Waals surface area contributed by atoms with E-state index in [2.05, 4.69) is 4.98 Å². The quantitative estimate of drug-likeness (QED) is 0.783. The van der Waals surface area contributed by atoms with Crippen LogP contribution in [0.3, 0.4) is 0 Å². The van der Waals surface area contributed by atoms with Crippen molar-refractivity contribution in [3.8, 4) is 0 Å². The van der Waals surface area contributed by atoms with Crippen molar-refractivity contribution in [2.24, 2.45) is 0 Å². The zero-order valence-corrected chi connectivity index (χ0v) is 10.9. The predicted octanol–water partition coefficient (Wildman–Crippen LogP) is 2.34. The molecule has 1 aromatic rings. The lowest BCUT2D eigenvalue weighted by Gasteiger charge is -2.11. The van der Waals surface area contributed by atoms with Gasteiger partial charge < -0.3 is 0 Å². The molecule has 1 aromatic heterocycles. The van der Waals surface area contributed by atoms with E-state index in [4.69, 9.17) is 10.7 Å². The first kappa shape index (κ1) is 11.9. The summed E-state index contributed by atoms with van der Waals surface area (Å²) in [6.07, 6.45) is 1.72. The van der Waals surface area contributed by atoms with Crippen LogP contribution in [0.5, 0.6) is 0 Å². The Kier molecular flexibility index (Phi) is 2.75. The zero-order chi connectivity index (χ0) is 12.0. The van der Waals surface area contributed by atoms with Gasteiger partial charge in [-0.3, -0.25) is 4.98 Å². The molecule has 0 aliphatic heterocycles. The highest BCUT2D eigenvalue weighted by Gasteiger charge is 2.53. The fourth-order valence-electron chi connectivity index (χ4n) is 1.99. The first-order valence-corrected chi connectivity index (χ1v) is 7.52. The first-order chi connectivity index (χ1) is 7.32. The Morgan fingerprint density at radius 2 is 2.00 bits per heavy atom. The van der Waals surface area contributed by atoms with Gasteiger partial charge in [0.1, 0.15) is 0 Å². The van der Waals surface area contributed by atoms with Crippen molar-refractivity contribution in [1.82, 2.24) is 4.98 Å². The highest BCUT2D eigenvalue weighted by atomic mass is 35.7. The molecule has 0 radical (unpaired) electrons. The van der Waals surface area contributed by atoms with Gasteiger partial charge >= 0.3 is 0 Å². The van der Waals surface area contributed by atoms with Crippen molar-refractivity contribution >= 4 is 19.7 Å². The highest BCUT2D eigenvalue weighted by Crippen LogP contribution is 2.47. The van der Waals surface area contributed by atoms with Crippen molar-refractivity contribution in [3.05, 3.63) is 29.1 Å². The number of halogens is 1. The largest absolute Gasteiger partial charge is 0.258 e. The lowest BCUT2D eigenvalue weighted by atomic mass is 10.1. The molecule has 2 rings (SSSR count). The minimum absolute atomic E-state index is 0.432. The second kappa shape index (κ2) is 3.70. The fourth-order valence-corrected chi connectivity index (χ4v) is 3.53. The maximum atomic E-state index is 11.4. The second-order valence-corrected chi connectivity index (χ2v) is 7.54. The third kappa shape index (κ3) is 2.23. The van der Waals surface area contributed by atoms with E-state index in [0.717, 1.165) is 17.0 Å². The summed E-state index contributed by atoms with van der Waals surface area (Å²) >= 11 is 0. The number of aryl methyl sites for hydroxylation is 2. The Morgan fingerprint density at radius 3 is 2.44 bits per heavy atom. The first-order valence-electron chi connectivity index (χ1n) is 5.21. The summed E-state index contributed by atoms with van der Waals surface area (Å²) in [4.78, 5) is 4.35. The molecule has 0 saturated heterocycles. The van der Waals surface area contributed by atoms with Gasteiger partial charge in [-0.15, -0.1) is 0 Å². The van der Waals surface area contributed by atoms with E-state index in [9.17, 15) is 8.42 Å². The molecule has 1 aliphatic rings. The molecule has 1 aliphatic carbocycles. The molecule has 5 heteroatoms. The predicted molar refractivity (Wildman–Crippen MR) is 64.2 cm³/mol. The summed E-state index contributed by atoms with van der Waals surface area (Å²) in [6, 6.07) is 3.90. The average molecular weight is 260 g/mol. The van der Waals surface area contributed by atoms with Gasteiger partial charge in [-0.25, -0.2) is 8.42 Å². The van der Waals surface area contributed by atoms with Crippen molar-refractivity contribution < 1.29 is 8.42 Å². The van der Waals surface area contributed by atoms with Gasteiger partial charge in [-0.2, -0.15) is 0 Å². The van der Waals surface area contributed by atoms with Crippen LogP contribution in [0.25, 0.3) is 0 Å². The molecule has 1 heterocycles. The van der Waals surface area contributed by atoms with Gasteiger partial charge in [0.25, 0.3) is 0 Å². The maximum absolute atomic E-state index is 11.4. The average Bonchev–Trinajstić information content (AvgIpc) is 2.81. The molecule has 0 amide bonds. The van der Waals surface area contributed by atoms with E-state index in [1.54, 1.807) is 0 Å². The Labute approximate surface area is 100 Å². The molecule has 88 valence electrons. The Bertz CT molecular complexity index is 501. The van der Waals surface area contributed by atoms with Crippen LogP contribution in [-0.4, -0.2) is 18.1 Å². The molecule has 0 spiro atoms. The lowest BCUT2D eigenvalue weighted by molar-refractivity contribution is 0.588. The minimum Gasteiger partial charge on any atom is -0.258 e. The molecule has 0 N–H and O–H groups in total. The van der Waals surface area contributed by atoms with Crippen molar-refractivity contribution in [2.45, 2.75) is 37.9 Å². The highest BCUT2D eigenvalue weighted by molar-refractivity contribution is 8.15. The molecule has 1 saturated carbocycles. The molecule has 0 atom stereocenters. The van der Waals surface area contributed by atoms with Gasteiger partial charge in [0.2, 0.25) is 9.05 Å². The van der Waals surface area contributed by atoms with Crippen LogP contribution in [-0.2, 0) is 15.5 Å². The summed E-state index contributed by atoms with van der Waals surface area (Å²) < 4.78 is 22.1. The van der Waals surface area contributed by atoms with E-state index >= 15 is 0 Å². The van der Waals surface area contributed by atoms with Crippen molar-refractivity contribution in [2.75, 3.05) is 0 Å². The monoisotopic (exact) mass is 259 g/mol. The normalized spacial score (nSPS) is 18.4. The number of hydrogen-bond donors (Lipinski definition) is 0. The molecule has 1 fully saturated rings. The summed E-state index contributed by atoms with van der Waals surface area (Å²) in [7, 11) is 1.98. The Morgan fingerprint density at radius 1 is 1.38 bits per heavy atom. The molecular formula is C11H14ClNO2S. The second-order valence-electron chi connectivity index (χ2n) is 4.57. The maximum Gasteiger partial charge on any atom is 0.238 e. The molecule has 0 bridgehead atoms. The van der Waals surface area contributed by atoms with Crippen LogP contribution in [0.1, 0.15) is 29.8 Å². The SMILES string of the molecule is Cc1cc(C)nc(CC2(S(=O)(=O)Cl)CC2)c1. The number of aromatic nitrogens is 1. The third-order valence-electron chi connectivity index (χ3n) is 2.98. The molecule has 0 aromatic carbocycles. The summed E-state index contributed by atoms with van der Waals surface area (Å²) in [5.74, 6) is 0. The summed E-state index contributed by atoms with van der Waals surface area (Å²) in [6.45, 7) is 3.89.